The van der Waals surface area contributed by atoms with E-state index in [1.165, 1.54) is 14.2 Å². The zero-order chi connectivity index (χ0) is 42.6. The minimum atomic E-state index is -0.699. The van der Waals surface area contributed by atoms with Gasteiger partial charge in [0.1, 0.15) is 23.7 Å². The molecule has 2 aromatic heterocycles. The van der Waals surface area contributed by atoms with E-state index in [1.54, 1.807) is 6.20 Å². The topological polar surface area (TPSA) is 184 Å². The molecular formula is C46H52N8O7. The number of methoxy groups -OCH3 is 2. The number of hydrogen-bond donors (Lipinski definition) is 4. The lowest BCUT2D eigenvalue weighted by molar-refractivity contribution is -0.137. The van der Waals surface area contributed by atoms with Crippen LogP contribution >= 0.6 is 0 Å². The van der Waals surface area contributed by atoms with Gasteiger partial charge in [0.25, 0.3) is 0 Å². The van der Waals surface area contributed by atoms with Gasteiger partial charge in [0.15, 0.2) is 0 Å². The number of aromatic nitrogens is 4. The third-order valence-electron chi connectivity index (χ3n) is 12.2. The number of amides is 4. The first-order valence-corrected chi connectivity index (χ1v) is 21.1. The third kappa shape index (κ3) is 8.77. The molecule has 3 saturated heterocycles. The quantitative estimate of drug-likeness (QED) is 0.123. The number of nitrogens with one attached hydrogen (secondary N) is 4. The standard InChI is InChI=1S/C46H52N8O7/c1-27(2)38(51-45(57)59-3)43(55)54-22-6-8-37(54)42-48-34-18-16-32-25-29(13-17-33(32)40(34)50-42)10-9-28-11-14-30(15-12-28)35-26-47-41(49-35)36-7-5-21-53(36)44(56)39(52-46(58)60-4)31-19-23-61-24-20-31/h11-18,25-27,31,36-39H,5-8,19-24H2,1-4H3,(H,47,49)(H,48,50)(H,51,57)(H,52,58)/t36-,37-,38-,39-/m0/s1. The fraction of sp³-hybridized carbons (Fsp3) is 0.435. The van der Waals surface area contributed by atoms with Gasteiger partial charge in [0, 0.05) is 42.8 Å². The van der Waals surface area contributed by atoms with Crippen molar-refractivity contribution in [1.82, 2.24) is 40.4 Å². The van der Waals surface area contributed by atoms with Gasteiger partial charge < -0.3 is 44.6 Å². The smallest absolute Gasteiger partial charge is 0.407 e. The van der Waals surface area contributed by atoms with Crippen molar-refractivity contribution in [2.45, 2.75) is 76.5 Å². The summed E-state index contributed by atoms with van der Waals surface area (Å²) in [4.78, 5) is 72.1. The Morgan fingerprint density at radius 1 is 0.787 bits per heavy atom. The van der Waals surface area contributed by atoms with Crippen molar-refractivity contribution in [2.75, 3.05) is 40.5 Å². The molecule has 3 aromatic carbocycles. The molecule has 4 atom stereocenters. The molecule has 4 amide bonds. The van der Waals surface area contributed by atoms with Crippen LogP contribution in [0.2, 0.25) is 0 Å². The van der Waals surface area contributed by atoms with Gasteiger partial charge in [-0.2, -0.15) is 0 Å². The SMILES string of the molecule is COC(=O)N[C@H](C(=O)N1CCC[C@H]1c1nc2ccc3cc(C#Cc4ccc(-c5cnc([C@@H]6CCCN6C(=O)[C@@H](NC(=O)OC)C6CCOCC6)[nH]5)cc4)ccc3c2[nH]1)C(C)C. The zero-order valence-electron chi connectivity index (χ0n) is 35.0. The van der Waals surface area contributed by atoms with Gasteiger partial charge in [-0.05, 0) is 91.6 Å². The van der Waals surface area contributed by atoms with Gasteiger partial charge in [0.2, 0.25) is 11.8 Å². The normalized spacial score (nSPS) is 19.1. The summed E-state index contributed by atoms with van der Waals surface area (Å²) in [6.45, 7) is 6.09. The Balaban J connectivity index is 0.943. The number of aromatic amines is 2. The van der Waals surface area contributed by atoms with Crippen molar-refractivity contribution in [3.8, 4) is 23.1 Å². The van der Waals surface area contributed by atoms with Crippen molar-refractivity contribution >= 4 is 45.8 Å². The minimum Gasteiger partial charge on any atom is -0.453 e. The summed E-state index contributed by atoms with van der Waals surface area (Å²) in [7, 11) is 2.60. The average Bonchev–Trinajstić information content (AvgIpc) is 4.13. The summed E-state index contributed by atoms with van der Waals surface area (Å²) in [5.74, 6) is 7.64. The Morgan fingerprint density at radius 2 is 1.44 bits per heavy atom. The summed E-state index contributed by atoms with van der Waals surface area (Å²) >= 11 is 0. The number of carbonyl (C=O) groups is 4. The predicted octanol–water partition coefficient (Wildman–Crippen LogP) is 6.36. The fourth-order valence-corrected chi connectivity index (χ4v) is 8.90. The predicted molar refractivity (Wildman–Crippen MR) is 228 cm³/mol. The molecule has 0 saturated carbocycles. The monoisotopic (exact) mass is 828 g/mol. The maximum Gasteiger partial charge on any atom is 0.407 e. The number of rotatable bonds is 9. The number of imidazole rings is 2. The molecule has 3 fully saturated rings. The zero-order valence-corrected chi connectivity index (χ0v) is 35.0. The molecule has 4 N–H and O–H groups in total. The van der Waals surface area contributed by atoms with Crippen LogP contribution in [0.5, 0.6) is 0 Å². The van der Waals surface area contributed by atoms with Crippen LogP contribution < -0.4 is 10.6 Å². The van der Waals surface area contributed by atoms with Gasteiger partial charge in [0.05, 0.1) is 49.2 Å². The Kier molecular flexibility index (Phi) is 12.2. The number of benzene rings is 3. The van der Waals surface area contributed by atoms with Crippen molar-refractivity contribution < 1.29 is 33.4 Å². The van der Waals surface area contributed by atoms with E-state index in [1.807, 2.05) is 66.1 Å². The number of hydrogen-bond acceptors (Lipinski definition) is 9. The van der Waals surface area contributed by atoms with E-state index in [-0.39, 0.29) is 35.7 Å². The number of alkyl carbamates (subject to hydrolysis) is 2. The van der Waals surface area contributed by atoms with Crippen molar-refractivity contribution in [3.63, 3.8) is 0 Å². The molecule has 0 unspecified atom stereocenters. The maximum absolute atomic E-state index is 13.9. The Hall–Kier alpha value is -6.40. The Labute approximate surface area is 354 Å². The molecule has 0 radical (unpaired) electrons. The summed E-state index contributed by atoms with van der Waals surface area (Å²) in [6, 6.07) is 16.3. The second-order valence-corrected chi connectivity index (χ2v) is 16.3. The van der Waals surface area contributed by atoms with Crippen LogP contribution in [0.3, 0.4) is 0 Å². The fourth-order valence-electron chi connectivity index (χ4n) is 8.90. The molecule has 61 heavy (non-hydrogen) atoms. The van der Waals surface area contributed by atoms with E-state index < -0.39 is 24.3 Å². The molecular weight excluding hydrogens is 777 g/mol. The first-order chi connectivity index (χ1) is 29.6. The molecule has 3 aliphatic rings. The third-order valence-corrected chi connectivity index (χ3v) is 12.2. The number of fused-ring (bicyclic) bond motifs is 3. The second-order valence-electron chi connectivity index (χ2n) is 16.3. The van der Waals surface area contributed by atoms with Gasteiger partial charge in [-0.25, -0.2) is 19.6 Å². The highest BCUT2D eigenvalue weighted by Gasteiger charge is 2.41. The largest absolute Gasteiger partial charge is 0.453 e. The summed E-state index contributed by atoms with van der Waals surface area (Å²) in [6.07, 6.45) is 5.15. The minimum absolute atomic E-state index is 0.0308. The lowest BCUT2D eigenvalue weighted by Crippen LogP contribution is -2.53. The van der Waals surface area contributed by atoms with E-state index in [0.29, 0.717) is 45.0 Å². The van der Waals surface area contributed by atoms with Gasteiger partial charge in [-0.15, -0.1) is 0 Å². The molecule has 5 aromatic rings. The van der Waals surface area contributed by atoms with Gasteiger partial charge in [-0.3, -0.25) is 9.59 Å². The van der Waals surface area contributed by atoms with Gasteiger partial charge >= 0.3 is 12.2 Å². The van der Waals surface area contributed by atoms with E-state index in [2.05, 4.69) is 44.6 Å². The Bertz CT molecular complexity index is 2480. The summed E-state index contributed by atoms with van der Waals surface area (Å²) in [5, 5.41) is 7.54. The molecule has 318 valence electrons. The van der Waals surface area contributed by atoms with E-state index in [0.717, 1.165) is 75.7 Å². The molecule has 3 aliphatic heterocycles. The highest BCUT2D eigenvalue weighted by atomic mass is 16.5. The molecule has 15 nitrogen and oxygen atoms in total. The molecule has 0 aliphatic carbocycles. The lowest BCUT2D eigenvalue weighted by Gasteiger charge is -2.34. The summed E-state index contributed by atoms with van der Waals surface area (Å²) < 4.78 is 15.2. The number of nitrogens with zero attached hydrogens (tertiary/aromatic N) is 4. The van der Waals surface area contributed by atoms with E-state index in [4.69, 9.17) is 24.2 Å². The maximum atomic E-state index is 13.9. The van der Waals surface area contributed by atoms with E-state index in [9.17, 15) is 19.2 Å². The van der Waals surface area contributed by atoms with Crippen molar-refractivity contribution in [1.29, 1.82) is 0 Å². The van der Waals surface area contributed by atoms with Crippen LogP contribution in [-0.2, 0) is 23.8 Å². The highest BCUT2D eigenvalue weighted by Crippen LogP contribution is 2.36. The average molecular weight is 829 g/mol. The second kappa shape index (κ2) is 18.1. The van der Waals surface area contributed by atoms with Crippen LogP contribution in [-0.4, -0.2) is 106 Å². The van der Waals surface area contributed by atoms with Crippen LogP contribution in [0, 0.1) is 23.7 Å². The van der Waals surface area contributed by atoms with Gasteiger partial charge in [-0.1, -0.05) is 50.0 Å². The first-order valence-electron chi connectivity index (χ1n) is 21.1. The number of likely N-dealkylation sites (tertiary alicyclic amines) is 2. The molecule has 0 bridgehead atoms. The van der Waals surface area contributed by atoms with E-state index >= 15 is 0 Å². The van der Waals surface area contributed by atoms with Crippen molar-refractivity contribution in [2.24, 2.45) is 11.8 Å². The van der Waals surface area contributed by atoms with Crippen LogP contribution in [0.15, 0.2) is 60.8 Å². The van der Waals surface area contributed by atoms with Crippen LogP contribution in [0.25, 0.3) is 33.1 Å². The highest BCUT2D eigenvalue weighted by molar-refractivity contribution is 6.04. The van der Waals surface area contributed by atoms with Crippen LogP contribution in [0.4, 0.5) is 9.59 Å². The Morgan fingerprint density at radius 3 is 2.15 bits per heavy atom. The number of ether oxygens (including phenoxy) is 3. The number of carbonyl (C=O) groups excluding carboxylic acids is 4. The van der Waals surface area contributed by atoms with Crippen molar-refractivity contribution in [3.05, 3.63) is 83.6 Å². The van der Waals surface area contributed by atoms with Crippen LogP contribution in [0.1, 0.15) is 87.2 Å². The molecule has 8 rings (SSSR count). The lowest BCUT2D eigenvalue weighted by atomic mass is 9.90. The first kappa shape index (κ1) is 41.3. The number of H-pyrrole nitrogens is 2. The molecule has 0 spiro atoms. The molecule has 15 heteroatoms. The molecule has 5 heterocycles. The summed E-state index contributed by atoms with van der Waals surface area (Å²) in [5.41, 5.74) is 5.24.